The molecule has 0 aliphatic rings. The van der Waals surface area contributed by atoms with Gasteiger partial charge in [-0.15, -0.1) is 24.0 Å². The molecule has 0 radical (unpaired) electrons. The maximum absolute atomic E-state index is 5.36. The van der Waals surface area contributed by atoms with Gasteiger partial charge in [0.25, 0.3) is 0 Å². The number of nitrogens with zero attached hydrogens (tertiary/aromatic N) is 2. The second kappa shape index (κ2) is 15.2. The summed E-state index contributed by atoms with van der Waals surface area (Å²) in [4.78, 5) is 6.80. The largest absolute Gasteiger partial charge is 0.497 e. The summed E-state index contributed by atoms with van der Waals surface area (Å²) in [6, 6.07) is 7.99. The lowest BCUT2D eigenvalue weighted by Crippen LogP contribution is -2.41. The summed E-state index contributed by atoms with van der Waals surface area (Å²) in [6.45, 7) is 6.84. The average Bonchev–Trinajstić information content (AvgIpc) is 2.59. The minimum atomic E-state index is 0. The fourth-order valence-corrected chi connectivity index (χ4v) is 2.00. The molecule has 0 bridgehead atoms. The Kier molecular flexibility index (Phi) is 14.6. The van der Waals surface area contributed by atoms with E-state index < -0.39 is 0 Å². The Labute approximate surface area is 169 Å². The highest BCUT2D eigenvalue weighted by atomic mass is 127. The number of guanidine groups is 1. The van der Waals surface area contributed by atoms with Crippen molar-refractivity contribution in [3.8, 4) is 5.75 Å². The minimum absolute atomic E-state index is 0. The van der Waals surface area contributed by atoms with E-state index in [0.717, 1.165) is 56.5 Å². The molecule has 0 atom stereocenters. The van der Waals surface area contributed by atoms with E-state index in [1.54, 1.807) is 7.11 Å². The van der Waals surface area contributed by atoms with E-state index in [2.05, 4.69) is 34.6 Å². The Morgan fingerprint density at radius 1 is 1.12 bits per heavy atom. The smallest absolute Gasteiger partial charge is 0.191 e. The summed E-state index contributed by atoms with van der Waals surface area (Å²) >= 11 is 0. The standard InChI is InChI=1S/C18H32N4O2.HI/c1-5-24-14-6-11-19-18(20-12-13-22(2)3)21-15-16-7-9-17(23-4)10-8-16;/h7-10H,5-6,11-15H2,1-4H3,(H2,19,20,21);1H. The van der Waals surface area contributed by atoms with Gasteiger partial charge in [0.05, 0.1) is 13.7 Å². The molecule has 0 saturated heterocycles. The molecule has 144 valence electrons. The van der Waals surface area contributed by atoms with E-state index in [9.17, 15) is 0 Å². The third-order valence-electron chi connectivity index (χ3n) is 3.39. The number of likely N-dealkylation sites (N-methyl/N-ethyl adjacent to an activating group) is 1. The SMILES string of the molecule is CCOCCCNC(=NCc1ccc(OC)cc1)NCCN(C)C.I. The highest BCUT2D eigenvalue weighted by Crippen LogP contribution is 2.11. The average molecular weight is 464 g/mol. The molecule has 0 aliphatic heterocycles. The number of ether oxygens (including phenoxy) is 2. The van der Waals surface area contributed by atoms with E-state index in [1.807, 2.05) is 31.2 Å². The van der Waals surface area contributed by atoms with Crippen molar-refractivity contribution in [3.63, 3.8) is 0 Å². The van der Waals surface area contributed by atoms with Gasteiger partial charge in [-0.05, 0) is 45.1 Å². The number of aliphatic imine (C=N–C) groups is 1. The molecule has 7 heteroatoms. The molecule has 25 heavy (non-hydrogen) atoms. The molecule has 0 unspecified atom stereocenters. The number of benzene rings is 1. The van der Waals surface area contributed by atoms with Crippen molar-refractivity contribution in [1.29, 1.82) is 0 Å². The monoisotopic (exact) mass is 464 g/mol. The maximum Gasteiger partial charge on any atom is 0.191 e. The second-order valence-corrected chi connectivity index (χ2v) is 5.72. The fourth-order valence-electron chi connectivity index (χ4n) is 2.00. The lowest BCUT2D eigenvalue weighted by molar-refractivity contribution is 0.145. The minimum Gasteiger partial charge on any atom is -0.497 e. The van der Waals surface area contributed by atoms with Crippen molar-refractivity contribution in [1.82, 2.24) is 15.5 Å². The first-order chi connectivity index (χ1) is 11.7. The third kappa shape index (κ3) is 12.0. The number of hydrogen-bond donors (Lipinski definition) is 2. The van der Waals surface area contributed by atoms with Gasteiger partial charge < -0.3 is 25.0 Å². The highest BCUT2D eigenvalue weighted by Gasteiger charge is 2.00. The van der Waals surface area contributed by atoms with Gasteiger partial charge >= 0.3 is 0 Å². The van der Waals surface area contributed by atoms with Gasteiger partial charge in [0.2, 0.25) is 0 Å². The van der Waals surface area contributed by atoms with Crippen LogP contribution < -0.4 is 15.4 Å². The highest BCUT2D eigenvalue weighted by molar-refractivity contribution is 14.0. The quantitative estimate of drug-likeness (QED) is 0.228. The van der Waals surface area contributed by atoms with E-state index in [1.165, 1.54) is 0 Å². The predicted octanol–water partition coefficient (Wildman–Crippen LogP) is 2.34. The van der Waals surface area contributed by atoms with Crippen LogP contribution in [-0.2, 0) is 11.3 Å². The second-order valence-electron chi connectivity index (χ2n) is 5.72. The van der Waals surface area contributed by atoms with Crippen molar-refractivity contribution in [2.24, 2.45) is 4.99 Å². The van der Waals surface area contributed by atoms with Gasteiger partial charge in [-0.2, -0.15) is 0 Å². The van der Waals surface area contributed by atoms with Crippen LogP contribution in [0.3, 0.4) is 0 Å². The van der Waals surface area contributed by atoms with Gasteiger partial charge in [0.15, 0.2) is 5.96 Å². The summed E-state index contributed by atoms with van der Waals surface area (Å²) in [7, 11) is 5.79. The Hall–Kier alpha value is -1.06. The number of methoxy groups -OCH3 is 1. The molecule has 1 rings (SSSR count). The summed E-state index contributed by atoms with van der Waals surface area (Å²) in [5.41, 5.74) is 1.15. The van der Waals surface area contributed by atoms with Crippen LogP contribution in [0.2, 0.25) is 0 Å². The Morgan fingerprint density at radius 2 is 1.80 bits per heavy atom. The molecule has 1 aromatic carbocycles. The van der Waals surface area contributed by atoms with Crippen LogP contribution in [0.4, 0.5) is 0 Å². The lowest BCUT2D eigenvalue weighted by Gasteiger charge is -2.15. The van der Waals surface area contributed by atoms with E-state index in [0.29, 0.717) is 6.54 Å². The van der Waals surface area contributed by atoms with Crippen LogP contribution in [0.25, 0.3) is 0 Å². The van der Waals surface area contributed by atoms with Crippen molar-refractivity contribution in [2.45, 2.75) is 19.9 Å². The topological polar surface area (TPSA) is 58.1 Å². The maximum atomic E-state index is 5.36. The van der Waals surface area contributed by atoms with E-state index in [4.69, 9.17) is 9.47 Å². The van der Waals surface area contributed by atoms with Crippen molar-refractivity contribution >= 4 is 29.9 Å². The Morgan fingerprint density at radius 3 is 2.40 bits per heavy atom. The first-order valence-corrected chi connectivity index (χ1v) is 8.53. The van der Waals surface area contributed by atoms with E-state index in [-0.39, 0.29) is 24.0 Å². The molecule has 0 saturated carbocycles. The first-order valence-electron chi connectivity index (χ1n) is 8.53. The summed E-state index contributed by atoms with van der Waals surface area (Å²) in [5.74, 6) is 1.70. The van der Waals surface area contributed by atoms with E-state index >= 15 is 0 Å². The molecule has 2 N–H and O–H groups in total. The first kappa shape index (κ1) is 23.9. The summed E-state index contributed by atoms with van der Waals surface area (Å²) in [6.07, 6.45) is 0.963. The molecule has 1 aromatic rings. The lowest BCUT2D eigenvalue weighted by atomic mass is 10.2. The zero-order valence-electron chi connectivity index (χ0n) is 15.9. The molecule has 6 nitrogen and oxygen atoms in total. The molecular weight excluding hydrogens is 431 g/mol. The normalized spacial score (nSPS) is 11.2. The molecule has 0 amide bonds. The molecule has 0 heterocycles. The van der Waals surface area contributed by atoms with Crippen LogP contribution in [-0.4, -0.2) is 64.9 Å². The summed E-state index contributed by atoms with van der Waals surface area (Å²) < 4.78 is 10.5. The van der Waals surface area contributed by atoms with Gasteiger partial charge in [-0.25, -0.2) is 4.99 Å². The molecule has 0 fully saturated rings. The van der Waals surface area contributed by atoms with Crippen LogP contribution in [0.5, 0.6) is 5.75 Å². The number of rotatable bonds is 11. The predicted molar refractivity (Wildman–Crippen MR) is 115 cm³/mol. The van der Waals surface area contributed by atoms with Crippen LogP contribution in [0, 0.1) is 0 Å². The zero-order valence-corrected chi connectivity index (χ0v) is 18.2. The zero-order chi connectivity index (χ0) is 17.6. The van der Waals surface area contributed by atoms with Crippen LogP contribution in [0.15, 0.2) is 29.3 Å². The Bertz CT molecular complexity index is 467. The number of hydrogen-bond acceptors (Lipinski definition) is 4. The van der Waals surface area contributed by atoms with Gasteiger partial charge in [-0.3, -0.25) is 0 Å². The molecule has 0 aliphatic carbocycles. The van der Waals surface area contributed by atoms with Crippen LogP contribution in [0.1, 0.15) is 18.9 Å². The summed E-state index contributed by atoms with van der Waals surface area (Å²) in [5, 5.41) is 6.73. The van der Waals surface area contributed by atoms with Gasteiger partial charge in [-0.1, -0.05) is 12.1 Å². The molecular formula is C18H33IN4O2. The molecule has 0 aromatic heterocycles. The van der Waals surface area contributed by atoms with Crippen LogP contribution >= 0.6 is 24.0 Å². The van der Waals surface area contributed by atoms with Crippen molar-refractivity contribution in [2.75, 3.05) is 54.1 Å². The Balaban J connectivity index is 0.00000576. The van der Waals surface area contributed by atoms with Crippen molar-refractivity contribution in [3.05, 3.63) is 29.8 Å². The number of nitrogens with one attached hydrogen (secondary N) is 2. The number of halogens is 1. The van der Waals surface area contributed by atoms with Gasteiger partial charge in [0.1, 0.15) is 5.75 Å². The van der Waals surface area contributed by atoms with Gasteiger partial charge in [0, 0.05) is 32.8 Å². The third-order valence-corrected chi connectivity index (χ3v) is 3.39. The van der Waals surface area contributed by atoms with Crippen molar-refractivity contribution < 1.29 is 9.47 Å². The molecule has 0 spiro atoms. The fraction of sp³-hybridized carbons (Fsp3) is 0.611.